The molecule has 4 aromatic rings. The summed E-state index contributed by atoms with van der Waals surface area (Å²) in [7, 11) is -4.85. The molecule has 1 amide bonds. The van der Waals surface area contributed by atoms with Gasteiger partial charge in [0.25, 0.3) is 0 Å². The summed E-state index contributed by atoms with van der Waals surface area (Å²) in [5.74, 6) is -4.46. The Morgan fingerprint density at radius 1 is 1.09 bits per heavy atom. The Balaban J connectivity index is 1.69. The predicted molar refractivity (Wildman–Crippen MR) is 146 cm³/mol. The Bertz CT molecular complexity index is 1830. The summed E-state index contributed by atoms with van der Waals surface area (Å²) in [6.07, 6.45) is 0.501. The van der Waals surface area contributed by atoms with Gasteiger partial charge >= 0.3 is 21.7 Å². The highest BCUT2D eigenvalue weighted by molar-refractivity contribution is 7.88. The van der Waals surface area contributed by atoms with E-state index in [-0.39, 0.29) is 47.2 Å². The van der Waals surface area contributed by atoms with Gasteiger partial charge in [-0.1, -0.05) is 0 Å². The van der Waals surface area contributed by atoms with Crippen molar-refractivity contribution in [1.29, 1.82) is 0 Å². The molecule has 1 aromatic carbocycles. The molecule has 44 heavy (non-hydrogen) atoms. The molecule has 0 fully saturated rings. The zero-order chi connectivity index (χ0) is 32.0. The number of hydrogen-bond donors (Lipinski definition) is 0. The molecule has 0 radical (unpaired) electrons. The van der Waals surface area contributed by atoms with E-state index in [9.17, 15) is 30.8 Å². The first-order valence-electron chi connectivity index (χ1n) is 12.8. The molecule has 5 rings (SSSR count). The molecule has 0 N–H and O–H groups in total. The van der Waals surface area contributed by atoms with E-state index in [4.69, 9.17) is 14.2 Å². The van der Waals surface area contributed by atoms with Crippen LogP contribution >= 0.6 is 11.3 Å². The average Bonchev–Trinajstić information content (AvgIpc) is 3.61. The third kappa shape index (κ3) is 5.75. The molecular weight excluding hydrogens is 639 g/mol. The van der Waals surface area contributed by atoms with Gasteiger partial charge in [0, 0.05) is 25.4 Å². The number of nitrogens with zero attached hydrogens (tertiary/aromatic N) is 4. The number of carbonyl (C=O) groups excluding carboxylic acids is 1. The maximum absolute atomic E-state index is 15.6. The van der Waals surface area contributed by atoms with Gasteiger partial charge in [-0.15, -0.1) is 11.3 Å². The van der Waals surface area contributed by atoms with E-state index >= 15 is 4.39 Å². The third-order valence-corrected chi connectivity index (χ3v) is 8.78. The van der Waals surface area contributed by atoms with E-state index in [2.05, 4.69) is 14.3 Å². The topological polar surface area (TPSA) is 122 Å². The molecule has 1 unspecified atom stereocenters. The Morgan fingerprint density at radius 3 is 2.55 bits per heavy atom. The molecule has 0 spiro atoms. The van der Waals surface area contributed by atoms with Crippen LogP contribution in [0.3, 0.4) is 0 Å². The normalized spacial score (nSPS) is 17.0. The average molecular weight is 663 g/mol. The summed E-state index contributed by atoms with van der Waals surface area (Å²) >= 11 is 0.823. The maximum Gasteiger partial charge on any atom is 0.534 e. The fourth-order valence-electron chi connectivity index (χ4n) is 4.62. The van der Waals surface area contributed by atoms with E-state index in [0.29, 0.717) is 11.8 Å². The molecule has 0 aliphatic carbocycles. The van der Waals surface area contributed by atoms with Crippen LogP contribution in [0.5, 0.6) is 17.5 Å². The number of fused-ring (bicyclic) bond motifs is 2. The number of thiophene rings is 1. The number of halogens is 5. The number of aromatic nitrogens is 3. The number of methoxy groups -OCH3 is 1. The minimum Gasteiger partial charge on any atom is -0.490 e. The minimum atomic E-state index is -6.22. The van der Waals surface area contributed by atoms with Crippen molar-refractivity contribution in [3.8, 4) is 28.6 Å². The van der Waals surface area contributed by atoms with E-state index in [0.717, 1.165) is 17.4 Å². The Hall–Kier alpha value is -4.03. The molecule has 0 saturated heterocycles. The van der Waals surface area contributed by atoms with Crippen molar-refractivity contribution >= 4 is 37.6 Å². The maximum atomic E-state index is 15.6. The van der Waals surface area contributed by atoms with Crippen molar-refractivity contribution in [2.24, 2.45) is 0 Å². The van der Waals surface area contributed by atoms with Crippen molar-refractivity contribution in [1.82, 2.24) is 19.7 Å². The second-order valence-electron chi connectivity index (χ2n) is 9.59. The summed E-state index contributed by atoms with van der Waals surface area (Å²) in [6, 6.07) is 3.41. The van der Waals surface area contributed by atoms with Crippen LogP contribution in [0, 0.1) is 11.6 Å². The molecule has 4 heterocycles. The fourth-order valence-corrected chi connectivity index (χ4v) is 5.98. The smallest absolute Gasteiger partial charge is 0.490 e. The number of ether oxygens (including phenoxy) is 3. The number of amides is 1. The molecule has 11 nitrogen and oxygen atoms in total. The fraction of sp³-hybridized carbons (Fsp3) is 0.346. The van der Waals surface area contributed by atoms with Gasteiger partial charge in [-0.25, -0.2) is 13.6 Å². The van der Waals surface area contributed by atoms with Gasteiger partial charge in [-0.2, -0.15) is 31.7 Å². The van der Waals surface area contributed by atoms with E-state index < -0.39 is 56.7 Å². The molecule has 3 aromatic heterocycles. The van der Waals surface area contributed by atoms with Crippen molar-refractivity contribution in [2.45, 2.75) is 38.0 Å². The number of carbonyl (C=O) groups is 1. The quantitative estimate of drug-likeness (QED) is 0.102. The van der Waals surface area contributed by atoms with Crippen molar-refractivity contribution in [3.63, 3.8) is 0 Å². The van der Waals surface area contributed by atoms with Crippen LogP contribution in [0.25, 0.3) is 21.2 Å². The molecule has 2 atom stereocenters. The SMILES string of the molecule is COCCOc1cc(F)cc(F)c1-c1c(OC(=O)N2Cc3ccnn3C(C)[C@@H]2C)nc(OS(=O)(=O)C(F)(F)F)c2ccsc12. The zero-order valence-corrected chi connectivity index (χ0v) is 24.7. The number of rotatable bonds is 8. The molecule has 1 aliphatic heterocycles. The van der Waals surface area contributed by atoms with Crippen molar-refractivity contribution < 1.29 is 53.6 Å². The number of hydrogen-bond acceptors (Lipinski definition) is 10. The molecule has 0 bridgehead atoms. The highest BCUT2D eigenvalue weighted by Crippen LogP contribution is 2.47. The van der Waals surface area contributed by atoms with Crippen molar-refractivity contribution in [3.05, 3.63) is 53.2 Å². The summed E-state index contributed by atoms with van der Waals surface area (Å²) in [6.45, 7) is 3.38. The predicted octanol–water partition coefficient (Wildman–Crippen LogP) is 5.66. The second kappa shape index (κ2) is 11.8. The van der Waals surface area contributed by atoms with Crippen LogP contribution in [0.4, 0.5) is 26.7 Å². The first-order chi connectivity index (χ1) is 20.7. The lowest BCUT2D eigenvalue weighted by molar-refractivity contribution is -0.0501. The van der Waals surface area contributed by atoms with Gasteiger partial charge in [0.05, 0.1) is 52.1 Å². The van der Waals surface area contributed by atoms with Gasteiger partial charge in [-0.3, -0.25) is 9.58 Å². The van der Waals surface area contributed by atoms with Gasteiger partial charge in [0.15, 0.2) is 0 Å². The highest BCUT2D eigenvalue weighted by atomic mass is 32.2. The third-order valence-electron chi connectivity index (χ3n) is 6.90. The molecular formula is C26H23F5N4O7S2. The molecule has 18 heteroatoms. The molecule has 236 valence electrons. The lowest BCUT2D eigenvalue weighted by Crippen LogP contribution is -2.48. The van der Waals surface area contributed by atoms with Gasteiger partial charge in [0.1, 0.15) is 24.0 Å². The van der Waals surface area contributed by atoms with Gasteiger partial charge in [-0.05, 0) is 31.4 Å². The van der Waals surface area contributed by atoms with Crippen LogP contribution in [-0.2, 0) is 21.4 Å². The van der Waals surface area contributed by atoms with E-state index in [1.807, 2.05) is 0 Å². The molecule has 0 saturated carbocycles. The van der Waals surface area contributed by atoms with Crippen LogP contribution in [-0.4, -0.2) is 66.0 Å². The highest BCUT2D eigenvalue weighted by Gasteiger charge is 2.49. The van der Waals surface area contributed by atoms with Crippen LogP contribution < -0.4 is 13.7 Å². The van der Waals surface area contributed by atoms with Gasteiger partial charge in [0.2, 0.25) is 11.8 Å². The zero-order valence-electron chi connectivity index (χ0n) is 23.1. The summed E-state index contributed by atoms with van der Waals surface area (Å²) in [5, 5.41) is 5.30. The lowest BCUT2D eigenvalue weighted by Gasteiger charge is -2.37. The van der Waals surface area contributed by atoms with Crippen LogP contribution in [0.2, 0.25) is 0 Å². The Morgan fingerprint density at radius 2 is 1.84 bits per heavy atom. The monoisotopic (exact) mass is 662 g/mol. The first-order valence-corrected chi connectivity index (χ1v) is 15.1. The number of pyridine rings is 1. The first kappa shape index (κ1) is 31.4. The van der Waals surface area contributed by atoms with Gasteiger partial charge < -0.3 is 18.4 Å². The molecule has 1 aliphatic rings. The van der Waals surface area contributed by atoms with E-state index in [1.54, 1.807) is 30.8 Å². The minimum absolute atomic E-state index is 0.0169. The summed E-state index contributed by atoms with van der Waals surface area (Å²) in [4.78, 5) is 18.7. The standard InChI is InChI=1S/C26H23F5N4O7S2/c1-13-14(2)35-16(4-6-32-35)12-34(13)25(36)41-24-21(20-18(28)10-15(27)11-19(20)40-8-7-39-3)22-17(5-9-43-22)23(33-24)42-44(37,38)26(29,30)31/h4-6,9-11,13-14H,7-8,12H2,1-3H3/t13-,14?/m0/s1. The number of benzene rings is 1. The number of alkyl halides is 3. The van der Waals surface area contributed by atoms with Crippen LogP contribution in [0.15, 0.2) is 35.8 Å². The van der Waals surface area contributed by atoms with Crippen LogP contribution in [0.1, 0.15) is 25.6 Å². The largest absolute Gasteiger partial charge is 0.534 e. The Kier molecular flexibility index (Phi) is 8.43. The van der Waals surface area contributed by atoms with E-state index in [1.165, 1.54) is 23.5 Å². The lowest BCUT2D eigenvalue weighted by atomic mass is 10.0. The second-order valence-corrected chi connectivity index (χ2v) is 12.0. The summed E-state index contributed by atoms with van der Waals surface area (Å²) in [5.41, 5.74) is -5.94. The summed E-state index contributed by atoms with van der Waals surface area (Å²) < 4.78 is 116. The Labute approximate surface area is 250 Å². The van der Waals surface area contributed by atoms with Crippen molar-refractivity contribution in [2.75, 3.05) is 20.3 Å².